The van der Waals surface area contributed by atoms with Crippen molar-refractivity contribution in [1.82, 2.24) is 0 Å². The number of hydrogen-bond donors (Lipinski definition) is 2. The normalized spacial score (nSPS) is 16.8. The van der Waals surface area contributed by atoms with Gasteiger partial charge in [-0.2, -0.15) is 25.3 Å². The predicted molar refractivity (Wildman–Crippen MR) is 56.2 cm³/mol. The zero-order chi connectivity index (χ0) is 7.98. The van der Waals surface area contributed by atoms with Crippen molar-refractivity contribution >= 4 is 48.5 Å². The molecule has 0 saturated carbocycles. The molecule has 0 amide bonds. The first kappa shape index (κ1) is 11.3. The van der Waals surface area contributed by atoms with Crippen LogP contribution in [0.2, 0.25) is 0 Å². The molecule has 0 nitrogen and oxygen atoms in total. The highest BCUT2D eigenvalue weighted by Crippen LogP contribution is 2.17. The Bertz CT molecular complexity index is 70.1. The van der Waals surface area contributed by atoms with Crippen LogP contribution in [-0.2, 0) is 0 Å². The summed E-state index contributed by atoms with van der Waals surface area (Å²) in [4.78, 5) is 0. The molecule has 2 unspecified atom stereocenters. The molecule has 0 spiro atoms. The van der Waals surface area contributed by atoms with Crippen LogP contribution in [0.1, 0.15) is 12.8 Å². The Morgan fingerprint density at radius 1 is 0.900 bits per heavy atom. The first-order chi connectivity index (χ1) is 4.72. The third-order valence-electron chi connectivity index (χ3n) is 1.25. The van der Waals surface area contributed by atoms with E-state index in [4.69, 9.17) is 23.2 Å². The zero-order valence-corrected chi connectivity index (χ0v) is 8.93. The molecule has 0 rings (SSSR count). The highest BCUT2D eigenvalue weighted by atomic mass is 35.5. The van der Waals surface area contributed by atoms with Gasteiger partial charge in [0, 0.05) is 22.3 Å². The number of thiol groups is 2. The minimum atomic E-state index is 0.277. The molecule has 62 valence electrons. The number of alkyl halides is 2. The maximum Gasteiger partial charge on any atom is 0.0234 e. The van der Waals surface area contributed by atoms with E-state index in [0.29, 0.717) is 11.8 Å². The quantitative estimate of drug-likeness (QED) is 0.515. The lowest BCUT2D eigenvalue weighted by atomic mass is 10.2. The Kier molecular flexibility index (Phi) is 7.85. The van der Waals surface area contributed by atoms with E-state index in [0.717, 1.165) is 12.8 Å². The summed E-state index contributed by atoms with van der Waals surface area (Å²) >= 11 is 19.7. The van der Waals surface area contributed by atoms with Crippen LogP contribution in [0.3, 0.4) is 0 Å². The molecule has 0 fully saturated rings. The standard InChI is InChI=1S/C6H12Cl2S2/c7-3-1-5(9)6(10)2-4-8/h5-6,9-10H,1-4H2. The van der Waals surface area contributed by atoms with Crippen molar-refractivity contribution in [2.75, 3.05) is 11.8 Å². The van der Waals surface area contributed by atoms with Gasteiger partial charge in [-0.1, -0.05) is 0 Å². The summed E-state index contributed by atoms with van der Waals surface area (Å²) in [5.74, 6) is 1.29. The molecule has 0 bridgehead atoms. The van der Waals surface area contributed by atoms with Crippen LogP contribution in [0.25, 0.3) is 0 Å². The summed E-state index contributed by atoms with van der Waals surface area (Å²) < 4.78 is 0. The van der Waals surface area contributed by atoms with Crippen molar-refractivity contribution in [3.05, 3.63) is 0 Å². The monoisotopic (exact) mass is 218 g/mol. The zero-order valence-electron chi connectivity index (χ0n) is 5.63. The van der Waals surface area contributed by atoms with Crippen LogP contribution >= 0.6 is 48.5 Å². The maximum absolute atomic E-state index is 5.52. The molecule has 0 saturated heterocycles. The highest BCUT2D eigenvalue weighted by molar-refractivity contribution is 7.85. The Labute approximate surface area is 83.5 Å². The molecule has 0 aliphatic carbocycles. The molecule has 0 aromatic heterocycles. The Balaban J connectivity index is 3.38. The highest BCUT2D eigenvalue weighted by Gasteiger charge is 2.11. The molecule has 0 aromatic rings. The van der Waals surface area contributed by atoms with Crippen molar-refractivity contribution in [3.63, 3.8) is 0 Å². The van der Waals surface area contributed by atoms with Gasteiger partial charge in [0.15, 0.2) is 0 Å². The third-order valence-corrected chi connectivity index (χ3v) is 3.16. The fraction of sp³-hybridized carbons (Fsp3) is 1.00. The maximum atomic E-state index is 5.52. The van der Waals surface area contributed by atoms with E-state index in [-0.39, 0.29) is 10.5 Å². The second kappa shape index (κ2) is 6.96. The third kappa shape index (κ3) is 5.00. The second-order valence-electron chi connectivity index (χ2n) is 2.09. The Morgan fingerprint density at radius 3 is 1.40 bits per heavy atom. The van der Waals surface area contributed by atoms with Gasteiger partial charge in [0.25, 0.3) is 0 Å². The van der Waals surface area contributed by atoms with Gasteiger partial charge in [0.1, 0.15) is 0 Å². The van der Waals surface area contributed by atoms with Gasteiger partial charge in [-0.05, 0) is 12.8 Å². The van der Waals surface area contributed by atoms with Crippen LogP contribution in [-0.4, -0.2) is 22.3 Å². The van der Waals surface area contributed by atoms with E-state index in [1.165, 1.54) is 0 Å². The van der Waals surface area contributed by atoms with Crippen LogP contribution in [0, 0.1) is 0 Å². The average Bonchev–Trinajstić information content (AvgIpc) is 1.89. The number of rotatable bonds is 5. The average molecular weight is 219 g/mol. The van der Waals surface area contributed by atoms with Crippen molar-refractivity contribution in [1.29, 1.82) is 0 Å². The first-order valence-corrected chi connectivity index (χ1v) is 5.30. The lowest BCUT2D eigenvalue weighted by Gasteiger charge is -2.15. The van der Waals surface area contributed by atoms with Gasteiger partial charge < -0.3 is 0 Å². The van der Waals surface area contributed by atoms with Crippen LogP contribution in [0.15, 0.2) is 0 Å². The fourth-order valence-electron chi connectivity index (χ4n) is 0.608. The summed E-state index contributed by atoms with van der Waals surface area (Å²) in [5, 5.41) is 0.555. The summed E-state index contributed by atoms with van der Waals surface area (Å²) in [7, 11) is 0. The second-order valence-corrected chi connectivity index (χ2v) is 4.17. The smallest absolute Gasteiger partial charge is 0.0234 e. The fourth-order valence-corrected chi connectivity index (χ4v) is 1.94. The Hall–Kier alpha value is 1.28. The number of hydrogen-bond acceptors (Lipinski definition) is 2. The molecule has 0 radical (unpaired) electrons. The van der Waals surface area contributed by atoms with E-state index in [9.17, 15) is 0 Å². The van der Waals surface area contributed by atoms with Crippen LogP contribution < -0.4 is 0 Å². The molecule has 0 heterocycles. The Morgan fingerprint density at radius 2 is 1.20 bits per heavy atom. The van der Waals surface area contributed by atoms with Gasteiger partial charge in [-0.25, -0.2) is 0 Å². The van der Waals surface area contributed by atoms with Crippen molar-refractivity contribution in [3.8, 4) is 0 Å². The van der Waals surface area contributed by atoms with Crippen LogP contribution in [0.5, 0.6) is 0 Å². The molecule has 0 aliphatic heterocycles. The topological polar surface area (TPSA) is 0 Å². The minimum absolute atomic E-state index is 0.277. The van der Waals surface area contributed by atoms with Gasteiger partial charge in [0.05, 0.1) is 0 Å². The largest absolute Gasteiger partial charge is 0.175 e. The van der Waals surface area contributed by atoms with Gasteiger partial charge in [0.2, 0.25) is 0 Å². The summed E-state index contributed by atoms with van der Waals surface area (Å²) in [6, 6.07) is 0. The van der Waals surface area contributed by atoms with E-state index >= 15 is 0 Å². The lowest BCUT2D eigenvalue weighted by Crippen LogP contribution is -2.16. The SMILES string of the molecule is SC(CCCl)C(S)CCCl. The predicted octanol–water partition coefficient (Wildman–Crippen LogP) is 2.84. The van der Waals surface area contributed by atoms with Gasteiger partial charge in [-0.3, -0.25) is 0 Å². The molecular formula is C6H12Cl2S2. The van der Waals surface area contributed by atoms with E-state index in [1.807, 2.05) is 0 Å². The first-order valence-electron chi connectivity index (χ1n) is 3.20. The van der Waals surface area contributed by atoms with Crippen molar-refractivity contribution < 1.29 is 0 Å². The summed E-state index contributed by atoms with van der Waals surface area (Å²) in [6.07, 6.45) is 1.80. The van der Waals surface area contributed by atoms with Gasteiger partial charge in [-0.15, -0.1) is 23.2 Å². The minimum Gasteiger partial charge on any atom is -0.175 e. The van der Waals surface area contributed by atoms with E-state index in [1.54, 1.807) is 0 Å². The molecule has 0 aliphatic rings. The molecule has 0 N–H and O–H groups in total. The molecule has 10 heavy (non-hydrogen) atoms. The summed E-state index contributed by atoms with van der Waals surface area (Å²) in [6.45, 7) is 0. The van der Waals surface area contributed by atoms with E-state index in [2.05, 4.69) is 25.3 Å². The number of halogens is 2. The van der Waals surface area contributed by atoms with E-state index < -0.39 is 0 Å². The molecule has 0 aromatic carbocycles. The molecule has 2 atom stereocenters. The summed E-state index contributed by atoms with van der Waals surface area (Å²) in [5.41, 5.74) is 0. The molecule has 4 heteroatoms. The van der Waals surface area contributed by atoms with Gasteiger partial charge >= 0.3 is 0 Å². The molecular weight excluding hydrogens is 207 g/mol. The van der Waals surface area contributed by atoms with Crippen molar-refractivity contribution in [2.24, 2.45) is 0 Å². The van der Waals surface area contributed by atoms with Crippen LogP contribution in [0.4, 0.5) is 0 Å². The van der Waals surface area contributed by atoms with Crippen molar-refractivity contribution in [2.45, 2.75) is 23.3 Å². The lowest BCUT2D eigenvalue weighted by molar-refractivity contribution is 0.752.